The fourth-order valence-corrected chi connectivity index (χ4v) is 1.48. The van der Waals surface area contributed by atoms with Crippen LogP contribution < -0.4 is 0 Å². The third kappa shape index (κ3) is 3.30. The first-order valence-corrected chi connectivity index (χ1v) is 5.51. The molecule has 0 spiro atoms. The van der Waals surface area contributed by atoms with Gasteiger partial charge in [0.1, 0.15) is 0 Å². The molecule has 5 nitrogen and oxygen atoms in total. The zero-order chi connectivity index (χ0) is 13.5. The van der Waals surface area contributed by atoms with E-state index in [0.29, 0.717) is 17.7 Å². The van der Waals surface area contributed by atoms with E-state index >= 15 is 0 Å². The van der Waals surface area contributed by atoms with E-state index in [2.05, 4.69) is 4.74 Å². The summed E-state index contributed by atoms with van der Waals surface area (Å²) >= 11 is 0. The number of methoxy groups -OCH3 is 2. The molecule has 1 aromatic rings. The van der Waals surface area contributed by atoms with Gasteiger partial charge in [0.2, 0.25) is 0 Å². The minimum Gasteiger partial charge on any atom is -0.467 e. The highest BCUT2D eigenvalue weighted by Gasteiger charge is 2.20. The van der Waals surface area contributed by atoms with E-state index in [1.807, 2.05) is 0 Å². The molecule has 0 aromatic heterocycles. The molecule has 0 N–H and O–H groups in total. The molecular weight excluding hydrogens is 236 g/mol. The summed E-state index contributed by atoms with van der Waals surface area (Å²) in [6.45, 7) is 2.06. The van der Waals surface area contributed by atoms with Crippen LogP contribution in [0.2, 0.25) is 0 Å². The van der Waals surface area contributed by atoms with Crippen LogP contribution in [0, 0.1) is 0 Å². The molecule has 0 radical (unpaired) electrons. The Morgan fingerprint density at radius 1 is 1.17 bits per heavy atom. The number of hydrogen-bond donors (Lipinski definition) is 0. The number of carbonyl (C=O) groups excluding carboxylic acids is 2. The van der Waals surface area contributed by atoms with Crippen LogP contribution >= 0.6 is 0 Å². The van der Waals surface area contributed by atoms with Gasteiger partial charge in [0.25, 0.3) is 0 Å². The first-order valence-electron chi connectivity index (χ1n) is 5.51. The van der Waals surface area contributed by atoms with Crippen molar-refractivity contribution in [1.82, 2.24) is 0 Å². The van der Waals surface area contributed by atoms with Gasteiger partial charge in [-0.2, -0.15) is 0 Å². The maximum absolute atomic E-state index is 11.4. The molecule has 1 unspecified atom stereocenters. The van der Waals surface area contributed by atoms with Crippen molar-refractivity contribution in [3.8, 4) is 0 Å². The average molecular weight is 252 g/mol. The molecule has 1 atom stereocenters. The predicted octanol–water partition coefficient (Wildman–Crippen LogP) is 1.72. The van der Waals surface area contributed by atoms with Crippen LogP contribution in [-0.2, 0) is 19.0 Å². The Morgan fingerprint density at radius 3 is 2.22 bits per heavy atom. The zero-order valence-electron chi connectivity index (χ0n) is 10.6. The molecule has 98 valence electrons. The smallest absolute Gasteiger partial charge is 0.339 e. The van der Waals surface area contributed by atoms with Gasteiger partial charge in [-0.25, -0.2) is 9.59 Å². The third-order valence-electron chi connectivity index (χ3n) is 2.38. The van der Waals surface area contributed by atoms with Crippen molar-refractivity contribution < 1.29 is 23.8 Å². The van der Waals surface area contributed by atoms with E-state index in [-0.39, 0.29) is 0 Å². The Labute approximate surface area is 106 Å². The van der Waals surface area contributed by atoms with Crippen LogP contribution in [0.15, 0.2) is 24.3 Å². The molecule has 0 saturated heterocycles. The van der Waals surface area contributed by atoms with E-state index in [1.54, 1.807) is 31.2 Å². The second-order valence-electron chi connectivity index (χ2n) is 3.48. The predicted molar refractivity (Wildman–Crippen MR) is 64.2 cm³/mol. The van der Waals surface area contributed by atoms with Gasteiger partial charge in [-0.3, -0.25) is 0 Å². The van der Waals surface area contributed by atoms with E-state index in [0.717, 1.165) is 0 Å². The summed E-state index contributed by atoms with van der Waals surface area (Å²) in [5, 5.41) is 0. The number of hydrogen-bond acceptors (Lipinski definition) is 5. The summed E-state index contributed by atoms with van der Waals surface area (Å²) in [5.74, 6) is -0.877. The highest BCUT2D eigenvalue weighted by Crippen LogP contribution is 2.19. The van der Waals surface area contributed by atoms with E-state index < -0.39 is 18.0 Å². The summed E-state index contributed by atoms with van der Waals surface area (Å²) in [7, 11) is 2.71. The maximum atomic E-state index is 11.4. The fourth-order valence-electron chi connectivity index (χ4n) is 1.48. The molecule has 1 aromatic carbocycles. The lowest BCUT2D eigenvalue weighted by Gasteiger charge is -2.13. The van der Waals surface area contributed by atoms with Gasteiger partial charge in [-0.05, 0) is 24.6 Å². The zero-order valence-corrected chi connectivity index (χ0v) is 10.6. The van der Waals surface area contributed by atoms with Crippen molar-refractivity contribution in [2.75, 3.05) is 20.8 Å². The van der Waals surface area contributed by atoms with Crippen molar-refractivity contribution in [2.45, 2.75) is 13.0 Å². The molecule has 0 aliphatic heterocycles. The molecule has 0 amide bonds. The minimum absolute atomic E-state index is 0.323. The summed E-state index contributed by atoms with van der Waals surface area (Å²) < 4.78 is 14.5. The Morgan fingerprint density at radius 2 is 1.78 bits per heavy atom. The van der Waals surface area contributed by atoms with Gasteiger partial charge in [0.15, 0.2) is 6.10 Å². The van der Waals surface area contributed by atoms with Crippen LogP contribution in [-0.4, -0.2) is 32.8 Å². The van der Waals surface area contributed by atoms with Gasteiger partial charge >= 0.3 is 11.9 Å². The second kappa shape index (κ2) is 6.76. The van der Waals surface area contributed by atoms with Crippen LogP contribution in [0.5, 0.6) is 0 Å². The molecule has 18 heavy (non-hydrogen) atoms. The SMILES string of the molecule is CCOC(=O)c1ccc(C(OC)C(=O)OC)cc1. The van der Waals surface area contributed by atoms with Crippen molar-refractivity contribution in [3.63, 3.8) is 0 Å². The Kier molecular flexibility index (Phi) is 5.32. The van der Waals surface area contributed by atoms with Gasteiger partial charge in [0.05, 0.1) is 19.3 Å². The van der Waals surface area contributed by atoms with Crippen LogP contribution in [0.3, 0.4) is 0 Å². The van der Waals surface area contributed by atoms with Crippen molar-refractivity contribution in [2.24, 2.45) is 0 Å². The fraction of sp³-hybridized carbons (Fsp3) is 0.385. The monoisotopic (exact) mass is 252 g/mol. The number of benzene rings is 1. The average Bonchev–Trinajstić information content (AvgIpc) is 2.40. The molecular formula is C13H16O5. The second-order valence-corrected chi connectivity index (χ2v) is 3.48. The summed E-state index contributed by atoms with van der Waals surface area (Å²) in [5.41, 5.74) is 1.05. The van der Waals surface area contributed by atoms with E-state index in [4.69, 9.17) is 9.47 Å². The number of rotatable bonds is 5. The number of ether oxygens (including phenoxy) is 3. The van der Waals surface area contributed by atoms with Crippen LogP contribution in [0.25, 0.3) is 0 Å². The number of carbonyl (C=O) groups is 2. The Bertz CT molecular complexity index is 410. The van der Waals surface area contributed by atoms with Crippen molar-refractivity contribution in [1.29, 1.82) is 0 Å². The molecule has 0 fully saturated rings. The van der Waals surface area contributed by atoms with Gasteiger partial charge < -0.3 is 14.2 Å². The summed E-state index contributed by atoms with van der Waals surface area (Å²) in [6.07, 6.45) is -0.786. The Hall–Kier alpha value is -1.88. The highest BCUT2D eigenvalue weighted by molar-refractivity contribution is 5.89. The minimum atomic E-state index is -0.786. The molecule has 0 aliphatic rings. The maximum Gasteiger partial charge on any atom is 0.339 e. The lowest BCUT2D eigenvalue weighted by Crippen LogP contribution is -2.16. The van der Waals surface area contributed by atoms with Crippen LogP contribution in [0.4, 0.5) is 0 Å². The lowest BCUT2D eigenvalue weighted by molar-refractivity contribution is -0.152. The topological polar surface area (TPSA) is 61.8 Å². The molecule has 0 heterocycles. The molecule has 5 heteroatoms. The normalized spacial score (nSPS) is 11.7. The number of esters is 2. The van der Waals surface area contributed by atoms with Gasteiger partial charge in [-0.1, -0.05) is 12.1 Å². The van der Waals surface area contributed by atoms with Crippen LogP contribution in [0.1, 0.15) is 28.9 Å². The molecule has 1 rings (SSSR count). The van der Waals surface area contributed by atoms with E-state index in [9.17, 15) is 9.59 Å². The van der Waals surface area contributed by atoms with E-state index in [1.165, 1.54) is 14.2 Å². The van der Waals surface area contributed by atoms with Crippen molar-refractivity contribution >= 4 is 11.9 Å². The lowest BCUT2D eigenvalue weighted by atomic mass is 10.1. The quantitative estimate of drug-likeness (QED) is 0.747. The largest absolute Gasteiger partial charge is 0.467 e. The third-order valence-corrected chi connectivity index (χ3v) is 2.38. The molecule has 0 aliphatic carbocycles. The highest BCUT2D eigenvalue weighted by atomic mass is 16.6. The molecule has 0 saturated carbocycles. The van der Waals surface area contributed by atoms with Gasteiger partial charge in [0, 0.05) is 7.11 Å². The van der Waals surface area contributed by atoms with Gasteiger partial charge in [-0.15, -0.1) is 0 Å². The first-order chi connectivity index (χ1) is 8.63. The first kappa shape index (κ1) is 14.2. The summed E-state index contributed by atoms with van der Waals surface area (Å²) in [6, 6.07) is 6.44. The Balaban J connectivity index is 2.87. The summed E-state index contributed by atoms with van der Waals surface area (Å²) in [4.78, 5) is 22.9. The standard InChI is InChI=1S/C13H16O5/c1-4-18-12(14)10-7-5-9(6-8-10)11(16-2)13(15)17-3/h5-8,11H,4H2,1-3H3. The molecule has 0 bridgehead atoms. The van der Waals surface area contributed by atoms with Crippen molar-refractivity contribution in [3.05, 3.63) is 35.4 Å².